The third kappa shape index (κ3) is 4.33. The van der Waals surface area contributed by atoms with Crippen LogP contribution < -0.4 is 4.90 Å². The van der Waals surface area contributed by atoms with Crippen LogP contribution in [0.2, 0.25) is 0 Å². The van der Waals surface area contributed by atoms with E-state index >= 15 is 0 Å². The molecule has 1 aliphatic heterocycles. The first-order chi connectivity index (χ1) is 11.8. The molecule has 140 valence electrons. The minimum atomic E-state index is -3.57. The lowest BCUT2D eigenvalue weighted by atomic mass is 10.1. The highest BCUT2D eigenvalue weighted by Gasteiger charge is 2.25. The molecule has 1 aromatic rings. The molecule has 1 aliphatic rings. The minimum absolute atomic E-state index is 0.127. The zero-order chi connectivity index (χ0) is 18.6. The van der Waals surface area contributed by atoms with Crippen LogP contribution in [0.1, 0.15) is 43.0 Å². The number of amides is 1. The Balaban J connectivity index is 2.50. The molecule has 0 spiro atoms. The molecule has 1 heterocycles. The number of anilines is 1. The van der Waals surface area contributed by atoms with Crippen LogP contribution in [0.3, 0.4) is 0 Å². The first-order valence-electron chi connectivity index (χ1n) is 8.86. The van der Waals surface area contributed by atoms with Crippen molar-refractivity contribution in [3.63, 3.8) is 0 Å². The molecule has 0 saturated carbocycles. The Morgan fingerprint density at radius 1 is 1.12 bits per heavy atom. The van der Waals surface area contributed by atoms with Gasteiger partial charge in [0, 0.05) is 46.5 Å². The summed E-state index contributed by atoms with van der Waals surface area (Å²) in [5, 5.41) is 0. The highest BCUT2D eigenvalue weighted by molar-refractivity contribution is 7.89. The van der Waals surface area contributed by atoms with Crippen molar-refractivity contribution in [1.29, 1.82) is 0 Å². The van der Waals surface area contributed by atoms with E-state index in [9.17, 15) is 13.2 Å². The van der Waals surface area contributed by atoms with Gasteiger partial charge in [0.2, 0.25) is 10.0 Å². The van der Waals surface area contributed by atoms with Crippen LogP contribution in [0.5, 0.6) is 0 Å². The van der Waals surface area contributed by atoms with Gasteiger partial charge in [0.1, 0.15) is 0 Å². The minimum Gasteiger partial charge on any atom is -0.371 e. The van der Waals surface area contributed by atoms with Crippen LogP contribution in [0.4, 0.5) is 5.69 Å². The first kappa shape index (κ1) is 19.7. The first-order valence-corrected chi connectivity index (χ1v) is 10.3. The van der Waals surface area contributed by atoms with Crippen LogP contribution in [0.15, 0.2) is 23.1 Å². The number of rotatable bonds is 6. The Morgan fingerprint density at radius 3 is 2.32 bits per heavy atom. The van der Waals surface area contributed by atoms with Gasteiger partial charge in [-0.05, 0) is 43.9 Å². The zero-order valence-electron chi connectivity index (χ0n) is 15.7. The average Bonchev–Trinajstić information content (AvgIpc) is 2.61. The van der Waals surface area contributed by atoms with E-state index in [1.807, 2.05) is 6.92 Å². The fourth-order valence-corrected chi connectivity index (χ4v) is 4.04. The van der Waals surface area contributed by atoms with E-state index in [4.69, 9.17) is 0 Å². The Bertz CT molecular complexity index is 710. The number of hydrogen-bond acceptors (Lipinski definition) is 4. The second-order valence-corrected chi connectivity index (χ2v) is 8.89. The number of nitrogens with zero attached hydrogens (tertiary/aromatic N) is 3. The van der Waals surface area contributed by atoms with Crippen molar-refractivity contribution in [3.05, 3.63) is 23.8 Å². The third-order valence-electron chi connectivity index (χ3n) is 4.58. The summed E-state index contributed by atoms with van der Waals surface area (Å²) in [6, 6.07) is 4.93. The Morgan fingerprint density at radius 2 is 1.76 bits per heavy atom. The standard InChI is InChI=1S/C18H29N3O3S/c1-5-11-20(4)18(22)16-14-15(25(23,24)19(2)3)9-10-17(16)21-12-7-6-8-13-21/h9-10,14H,5-8,11-13H2,1-4H3. The summed E-state index contributed by atoms with van der Waals surface area (Å²) in [7, 11) is 1.19. The van der Waals surface area contributed by atoms with E-state index in [-0.39, 0.29) is 10.8 Å². The van der Waals surface area contributed by atoms with Crippen LogP contribution in [0.25, 0.3) is 0 Å². The van der Waals surface area contributed by atoms with Crippen molar-refractivity contribution in [2.45, 2.75) is 37.5 Å². The van der Waals surface area contributed by atoms with Gasteiger partial charge in [0.05, 0.1) is 10.5 Å². The number of benzene rings is 1. The Labute approximate surface area is 151 Å². The average molecular weight is 368 g/mol. The summed E-state index contributed by atoms with van der Waals surface area (Å²) >= 11 is 0. The molecule has 0 atom stereocenters. The fourth-order valence-electron chi connectivity index (χ4n) is 3.11. The van der Waals surface area contributed by atoms with Gasteiger partial charge in [0.15, 0.2) is 0 Å². The maximum Gasteiger partial charge on any atom is 0.255 e. The van der Waals surface area contributed by atoms with Gasteiger partial charge >= 0.3 is 0 Å². The summed E-state index contributed by atoms with van der Waals surface area (Å²) < 4.78 is 26.1. The molecule has 6 nitrogen and oxygen atoms in total. The van der Waals surface area contributed by atoms with Crippen LogP contribution in [0, 0.1) is 0 Å². The van der Waals surface area contributed by atoms with Gasteiger partial charge in [-0.1, -0.05) is 6.92 Å². The Kier molecular flexibility index (Phi) is 6.46. The summed E-state index contributed by atoms with van der Waals surface area (Å²) in [5.74, 6) is -0.127. The second-order valence-electron chi connectivity index (χ2n) is 6.74. The molecule has 1 fully saturated rings. The van der Waals surface area contributed by atoms with Crippen LogP contribution >= 0.6 is 0 Å². The number of carbonyl (C=O) groups excluding carboxylic acids is 1. The van der Waals surface area contributed by atoms with Gasteiger partial charge < -0.3 is 9.80 Å². The molecule has 1 aromatic carbocycles. The summed E-state index contributed by atoms with van der Waals surface area (Å²) in [6.45, 7) is 4.46. The van der Waals surface area contributed by atoms with Crippen molar-refractivity contribution in [2.75, 3.05) is 45.7 Å². The van der Waals surface area contributed by atoms with Crippen molar-refractivity contribution in [1.82, 2.24) is 9.21 Å². The van der Waals surface area contributed by atoms with E-state index in [1.165, 1.54) is 30.9 Å². The SMILES string of the molecule is CCCN(C)C(=O)c1cc(S(=O)(=O)N(C)C)ccc1N1CCCCC1. The molecular formula is C18H29N3O3S. The van der Waals surface area contributed by atoms with Gasteiger partial charge in [-0.15, -0.1) is 0 Å². The summed E-state index contributed by atoms with van der Waals surface area (Å²) in [6.07, 6.45) is 4.24. The van der Waals surface area contributed by atoms with Crippen LogP contribution in [-0.2, 0) is 10.0 Å². The zero-order valence-corrected chi connectivity index (χ0v) is 16.5. The van der Waals surface area contributed by atoms with Gasteiger partial charge in [-0.2, -0.15) is 0 Å². The smallest absolute Gasteiger partial charge is 0.255 e. The summed E-state index contributed by atoms with van der Waals surface area (Å²) in [5.41, 5.74) is 1.31. The molecule has 0 aromatic heterocycles. The lowest BCUT2D eigenvalue weighted by Crippen LogP contribution is -2.34. The van der Waals surface area contributed by atoms with Crippen molar-refractivity contribution >= 4 is 21.6 Å². The van der Waals surface area contributed by atoms with Crippen molar-refractivity contribution in [3.8, 4) is 0 Å². The Hall–Kier alpha value is -1.60. The highest BCUT2D eigenvalue weighted by atomic mass is 32.2. The molecule has 0 bridgehead atoms. The van der Waals surface area contributed by atoms with E-state index in [0.29, 0.717) is 12.1 Å². The molecule has 0 N–H and O–H groups in total. The maximum atomic E-state index is 12.9. The molecular weight excluding hydrogens is 338 g/mol. The number of hydrogen-bond donors (Lipinski definition) is 0. The van der Waals surface area contributed by atoms with Crippen molar-refractivity contribution < 1.29 is 13.2 Å². The van der Waals surface area contributed by atoms with Gasteiger partial charge in [-0.3, -0.25) is 4.79 Å². The van der Waals surface area contributed by atoms with E-state index in [2.05, 4.69) is 4.90 Å². The normalized spacial score (nSPS) is 15.5. The highest BCUT2D eigenvalue weighted by Crippen LogP contribution is 2.28. The lowest BCUT2D eigenvalue weighted by Gasteiger charge is -2.31. The largest absolute Gasteiger partial charge is 0.371 e. The molecule has 7 heteroatoms. The van der Waals surface area contributed by atoms with E-state index in [1.54, 1.807) is 24.1 Å². The monoisotopic (exact) mass is 367 g/mol. The predicted molar refractivity (Wildman–Crippen MR) is 101 cm³/mol. The fraction of sp³-hybridized carbons (Fsp3) is 0.611. The molecule has 0 unspecified atom stereocenters. The topological polar surface area (TPSA) is 60.9 Å². The van der Waals surface area contributed by atoms with E-state index < -0.39 is 10.0 Å². The quantitative estimate of drug-likeness (QED) is 0.775. The number of piperidine rings is 1. The maximum absolute atomic E-state index is 12.9. The molecule has 0 aliphatic carbocycles. The molecule has 25 heavy (non-hydrogen) atoms. The van der Waals surface area contributed by atoms with Gasteiger partial charge in [0.25, 0.3) is 5.91 Å². The third-order valence-corrected chi connectivity index (χ3v) is 6.39. The van der Waals surface area contributed by atoms with Crippen LogP contribution in [-0.4, -0.2) is 64.3 Å². The molecule has 0 radical (unpaired) electrons. The molecule has 1 amide bonds. The number of sulfonamides is 1. The van der Waals surface area contributed by atoms with Gasteiger partial charge in [-0.25, -0.2) is 12.7 Å². The molecule has 2 rings (SSSR count). The van der Waals surface area contributed by atoms with E-state index in [0.717, 1.165) is 38.0 Å². The van der Waals surface area contributed by atoms with Crippen molar-refractivity contribution in [2.24, 2.45) is 0 Å². The predicted octanol–water partition coefficient (Wildman–Crippen LogP) is 2.41. The second kappa shape index (κ2) is 8.19. The summed E-state index contributed by atoms with van der Waals surface area (Å²) in [4.78, 5) is 17.0. The molecule has 1 saturated heterocycles. The number of carbonyl (C=O) groups is 1. The lowest BCUT2D eigenvalue weighted by molar-refractivity contribution is 0.0795.